The summed E-state index contributed by atoms with van der Waals surface area (Å²) in [7, 11) is -3.70. The molecule has 0 aromatic carbocycles. The quantitative estimate of drug-likeness (QED) is 0.297. The Morgan fingerprint density at radius 2 is 2.08 bits per heavy atom. The van der Waals surface area contributed by atoms with E-state index in [0.717, 1.165) is 0 Å². The van der Waals surface area contributed by atoms with E-state index in [1.807, 2.05) is 6.07 Å². The number of carbonyl (C=O) groups excluding carboxylic acids is 1. The molecule has 0 spiro atoms. The minimum absolute atomic E-state index is 0.0182. The Balaban J connectivity index is 3.22. The van der Waals surface area contributed by atoms with Gasteiger partial charge in [-0.2, -0.15) is 5.26 Å². The minimum Gasteiger partial charge on any atom is -0.333 e. The molecule has 0 bridgehead atoms. The number of nitriles is 1. The van der Waals surface area contributed by atoms with E-state index in [0.29, 0.717) is 5.70 Å². The number of amides is 1. The largest absolute Gasteiger partial charge is 0.333 e. The summed E-state index contributed by atoms with van der Waals surface area (Å²) in [5.41, 5.74) is -0.469. The van der Waals surface area contributed by atoms with Gasteiger partial charge in [0.15, 0.2) is 5.11 Å². The van der Waals surface area contributed by atoms with Gasteiger partial charge in [-0.1, -0.05) is 6.58 Å². The predicted octanol–water partition coefficient (Wildman–Crippen LogP) is 1.24. The molecule has 0 atom stereocenters. The molecule has 1 aliphatic heterocycles. The van der Waals surface area contributed by atoms with Crippen LogP contribution in [-0.4, -0.2) is 53.0 Å². The van der Waals surface area contributed by atoms with Gasteiger partial charge in [-0.15, -0.1) is 11.6 Å². The molecule has 0 unspecified atom stereocenters. The first-order chi connectivity index (χ1) is 11.5. The Morgan fingerprint density at radius 1 is 1.48 bits per heavy atom. The second-order valence-corrected chi connectivity index (χ2v) is 8.16. The van der Waals surface area contributed by atoms with Crippen molar-refractivity contribution < 1.29 is 13.2 Å². The highest BCUT2D eigenvalue weighted by Gasteiger charge is 2.49. The molecule has 1 rings (SSSR count). The van der Waals surface area contributed by atoms with Crippen molar-refractivity contribution in [3.63, 3.8) is 0 Å². The van der Waals surface area contributed by atoms with Crippen LogP contribution in [0.5, 0.6) is 0 Å². The van der Waals surface area contributed by atoms with Crippen LogP contribution >= 0.6 is 23.8 Å². The van der Waals surface area contributed by atoms with E-state index in [4.69, 9.17) is 34.2 Å². The molecule has 10 heteroatoms. The lowest BCUT2D eigenvalue weighted by molar-refractivity contribution is -0.130. The van der Waals surface area contributed by atoms with E-state index >= 15 is 0 Å². The van der Waals surface area contributed by atoms with Gasteiger partial charge in [-0.05, 0) is 44.3 Å². The molecule has 1 aliphatic rings. The van der Waals surface area contributed by atoms with Gasteiger partial charge in [0, 0.05) is 23.7 Å². The van der Waals surface area contributed by atoms with Gasteiger partial charge in [0.25, 0.3) is 5.91 Å². The smallest absolute Gasteiger partial charge is 0.258 e. The predicted molar refractivity (Wildman–Crippen MR) is 101 cm³/mol. The highest BCUT2D eigenvalue weighted by molar-refractivity contribution is 7.89. The molecule has 1 saturated heterocycles. The fourth-order valence-electron chi connectivity index (χ4n) is 2.19. The third kappa shape index (κ3) is 5.12. The van der Waals surface area contributed by atoms with Crippen LogP contribution < -0.4 is 5.14 Å². The zero-order valence-electron chi connectivity index (χ0n) is 13.9. The Bertz CT molecular complexity index is 794. The van der Waals surface area contributed by atoms with Crippen LogP contribution in [0, 0.1) is 11.3 Å². The monoisotopic (exact) mass is 402 g/mol. The average Bonchev–Trinajstić information content (AvgIpc) is 2.66. The van der Waals surface area contributed by atoms with Crippen LogP contribution in [-0.2, 0) is 14.8 Å². The number of sulfonamides is 1. The van der Waals surface area contributed by atoms with Crippen molar-refractivity contribution in [3.8, 4) is 6.07 Å². The fourth-order valence-corrected chi connectivity index (χ4v) is 3.30. The van der Waals surface area contributed by atoms with Gasteiger partial charge in [0.2, 0.25) is 10.0 Å². The topological polar surface area (TPSA) is 108 Å². The summed E-state index contributed by atoms with van der Waals surface area (Å²) in [6.45, 7) is 6.80. The zero-order chi connectivity index (χ0) is 19.4. The van der Waals surface area contributed by atoms with Gasteiger partial charge in [-0.3, -0.25) is 9.69 Å². The summed E-state index contributed by atoms with van der Waals surface area (Å²) in [6.07, 6.45) is 4.51. The van der Waals surface area contributed by atoms with Crippen molar-refractivity contribution in [1.29, 1.82) is 5.26 Å². The molecule has 136 valence electrons. The number of hydrogen-bond acceptors (Lipinski definition) is 5. The van der Waals surface area contributed by atoms with Crippen LogP contribution in [0.3, 0.4) is 0 Å². The fraction of sp³-hybridized carbons (Fsp3) is 0.400. The van der Waals surface area contributed by atoms with Crippen LogP contribution in [0.15, 0.2) is 36.1 Å². The Labute approximate surface area is 158 Å². The number of alkyl halides is 1. The van der Waals surface area contributed by atoms with Crippen LogP contribution in [0.2, 0.25) is 0 Å². The lowest BCUT2D eigenvalue weighted by atomic mass is 10.0. The highest BCUT2D eigenvalue weighted by atomic mass is 35.5. The lowest BCUT2D eigenvalue weighted by Gasteiger charge is -2.28. The van der Waals surface area contributed by atoms with Gasteiger partial charge in [0.05, 0.1) is 11.8 Å². The molecule has 2 N–H and O–H groups in total. The van der Waals surface area contributed by atoms with E-state index in [-0.39, 0.29) is 34.8 Å². The number of allylic oxidation sites excluding steroid dienone is 4. The first kappa shape index (κ1) is 21.3. The molecule has 0 aliphatic carbocycles. The maximum absolute atomic E-state index is 12.8. The highest BCUT2D eigenvalue weighted by Crippen LogP contribution is 2.31. The first-order valence-electron chi connectivity index (χ1n) is 7.15. The first-order valence-corrected chi connectivity index (χ1v) is 9.81. The third-order valence-electron chi connectivity index (χ3n) is 3.57. The van der Waals surface area contributed by atoms with Crippen molar-refractivity contribution in [3.05, 3.63) is 36.1 Å². The molecule has 25 heavy (non-hydrogen) atoms. The van der Waals surface area contributed by atoms with E-state index in [9.17, 15) is 13.2 Å². The number of primary sulfonamides is 1. The van der Waals surface area contributed by atoms with E-state index in [2.05, 4.69) is 6.58 Å². The molecule has 1 amide bonds. The van der Waals surface area contributed by atoms with Gasteiger partial charge in [0.1, 0.15) is 5.54 Å². The van der Waals surface area contributed by atoms with Gasteiger partial charge >= 0.3 is 0 Å². The number of halogens is 1. The van der Waals surface area contributed by atoms with Crippen molar-refractivity contribution in [2.75, 3.05) is 18.2 Å². The number of nitrogens with zero attached hydrogens (tertiary/aromatic N) is 3. The molecular weight excluding hydrogens is 384 g/mol. The molecule has 0 aromatic heterocycles. The number of nitrogens with two attached hydrogens (primary N) is 1. The van der Waals surface area contributed by atoms with Crippen LogP contribution in [0.25, 0.3) is 0 Å². The number of carbonyl (C=O) groups is 1. The SMILES string of the molecule is C=C(C#N)/C=C\C(=C/CCl)N1C(=O)C(C)(C)N(CCS(N)(=O)=O)C1=S. The number of thiocarbonyl (C=S) groups is 1. The molecule has 7 nitrogen and oxygen atoms in total. The molecule has 0 saturated carbocycles. The zero-order valence-corrected chi connectivity index (χ0v) is 16.3. The molecule has 0 aromatic rings. The standard InChI is InChI=1S/C15H19ClN4O3S2/c1-11(10-17)4-5-12(6-7-16)20-13(21)15(2,3)19(14(20)24)8-9-25(18,22)23/h4-6H,1,7-9H2,2-3H3,(H2,18,22,23)/b5-4-,12-6+. The molecule has 0 radical (unpaired) electrons. The van der Waals surface area contributed by atoms with Crippen molar-refractivity contribution in [2.45, 2.75) is 19.4 Å². The van der Waals surface area contributed by atoms with Crippen molar-refractivity contribution >= 4 is 44.9 Å². The van der Waals surface area contributed by atoms with E-state index < -0.39 is 15.6 Å². The Kier molecular flexibility index (Phi) is 6.90. The Hall–Kier alpha value is -1.73. The summed E-state index contributed by atoms with van der Waals surface area (Å²) >= 11 is 11.1. The summed E-state index contributed by atoms with van der Waals surface area (Å²) in [5, 5.41) is 14.0. The second kappa shape index (κ2) is 8.10. The van der Waals surface area contributed by atoms with E-state index in [1.54, 1.807) is 19.9 Å². The average molecular weight is 403 g/mol. The summed E-state index contributed by atoms with van der Waals surface area (Å²) in [5.74, 6) is -0.564. The molecular formula is C15H19ClN4O3S2. The molecule has 1 heterocycles. The maximum Gasteiger partial charge on any atom is 0.258 e. The lowest BCUT2D eigenvalue weighted by Crippen LogP contribution is -2.46. The minimum atomic E-state index is -3.70. The summed E-state index contributed by atoms with van der Waals surface area (Å²) < 4.78 is 22.5. The van der Waals surface area contributed by atoms with Crippen molar-refractivity contribution in [1.82, 2.24) is 9.80 Å². The van der Waals surface area contributed by atoms with Crippen molar-refractivity contribution in [2.24, 2.45) is 5.14 Å². The van der Waals surface area contributed by atoms with Crippen LogP contribution in [0.4, 0.5) is 0 Å². The van der Waals surface area contributed by atoms with Gasteiger partial charge < -0.3 is 4.90 Å². The summed E-state index contributed by atoms with van der Waals surface area (Å²) in [4.78, 5) is 15.6. The van der Waals surface area contributed by atoms with Gasteiger partial charge in [-0.25, -0.2) is 13.6 Å². The Morgan fingerprint density at radius 3 is 2.56 bits per heavy atom. The third-order valence-corrected chi connectivity index (χ3v) is 4.88. The normalized spacial score (nSPS) is 18.1. The number of rotatable bonds is 7. The maximum atomic E-state index is 12.8. The molecule has 1 fully saturated rings. The number of hydrogen-bond donors (Lipinski definition) is 1. The summed E-state index contributed by atoms with van der Waals surface area (Å²) in [6, 6.07) is 1.87. The second-order valence-electron chi connectivity index (χ2n) is 5.75. The van der Waals surface area contributed by atoms with Crippen LogP contribution in [0.1, 0.15) is 13.8 Å². The van der Waals surface area contributed by atoms with E-state index in [1.165, 1.54) is 22.0 Å².